The van der Waals surface area contributed by atoms with Crippen molar-refractivity contribution in [3.8, 4) is 0 Å². The SMILES string of the molecule is O=C(O)c1ccc(C2(NC(=O)C3CC4CCC4N3Cc3cccc(C(F)(F)F)c3)CC2)cc1. The minimum atomic E-state index is -4.40. The van der Waals surface area contributed by atoms with Crippen molar-refractivity contribution in [1.29, 1.82) is 0 Å². The maximum atomic E-state index is 13.4. The molecule has 3 atom stereocenters. The lowest BCUT2D eigenvalue weighted by Crippen LogP contribution is -2.49. The zero-order valence-corrected chi connectivity index (χ0v) is 17.9. The Kier molecular flexibility index (Phi) is 5.23. The molecule has 2 aromatic carbocycles. The van der Waals surface area contributed by atoms with Gasteiger partial charge >= 0.3 is 12.1 Å². The van der Waals surface area contributed by atoms with Crippen LogP contribution in [0.4, 0.5) is 13.2 Å². The summed E-state index contributed by atoms with van der Waals surface area (Å²) < 4.78 is 39.4. The summed E-state index contributed by atoms with van der Waals surface area (Å²) in [5.41, 5.74) is 0.469. The molecule has 1 heterocycles. The lowest BCUT2D eigenvalue weighted by molar-refractivity contribution is -0.137. The lowest BCUT2D eigenvalue weighted by atomic mass is 9.80. The highest BCUT2D eigenvalue weighted by Crippen LogP contribution is 2.48. The fourth-order valence-corrected chi connectivity index (χ4v) is 5.32. The van der Waals surface area contributed by atoms with Crippen LogP contribution in [0.5, 0.6) is 0 Å². The van der Waals surface area contributed by atoms with Gasteiger partial charge in [-0.25, -0.2) is 4.79 Å². The van der Waals surface area contributed by atoms with Gasteiger partial charge in [0.2, 0.25) is 5.91 Å². The second kappa shape index (κ2) is 7.87. The first-order valence-electron chi connectivity index (χ1n) is 11.2. The quantitative estimate of drug-likeness (QED) is 0.666. The molecule has 8 heteroatoms. The second-order valence-corrected chi connectivity index (χ2v) is 9.48. The summed E-state index contributed by atoms with van der Waals surface area (Å²) in [6.45, 7) is 0.309. The van der Waals surface area contributed by atoms with Gasteiger partial charge in [-0.05, 0) is 67.3 Å². The maximum absolute atomic E-state index is 13.4. The van der Waals surface area contributed by atoms with E-state index in [1.807, 2.05) is 0 Å². The number of benzene rings is 2. The van der Waals surface area contributed by atoms with Crippen molar-refractivity contribution in [3.63, 3.8) is 0 Å². The lowest BCUT2D eigenvalue weighted by Gasteiger charge is -2.37. The van der Waals surface area contributed by atoms with Gasteiger partial charge in [0.15, 0.2) is 0 Å². The Bertz CT molecular complexity index is 1080. The first-order chi connectivity index (χ1) is 15.7. The van der Waals surface area contributed by atoms with Gasteiger partial charge in [0.25, 0.3) is 0 Å². The Labute approximate surface area is 189 Å². The summed E-state index contributed by atoms with van der Waals surface area (Å²) in [4.78, 5) is 26.6. The smallest absolute Gasteiger partial charge is 0.416 e. The van der Waals surface area contributed by atoms with E-state index in [-0.39, 0.29) is 23.6 Å². The van der Waals surface area contributed by atoms with Gasteiger partial charge < -0.3 is 10.4 Å². The van der Waals surface area contributed by atoms with E-state index in [0.29, 0.717) is 24.4 Å². The van der Waals surface area contributed by atoms with Crippen LogP contribution in [-0.2, 0) is 23.1 Å². The third kappa shape index (κ3) is 4.12. The summed E-state index contributed by atoms with van der Waals surface area (Å²) in [5.74, 6) is -0.699. The molecule has 0 radical (unpaired) electrons. The van der Waals surface area contributed by atoms with Crippen molar-refractivity contribution >= 4 is 11.9 Å². The van der Waals surface area contributed by atoms with E-state index < -0.39 is 23.2 Å². The van der Waals surface area contributed by atoms with E-state index in [9.17, 15) is 22.8 Å². The molecule has 0 spiro atoms. The molecule has 3 unspecified atom stereocenters. The largest absolute Gasteiger partial charge is 0.478 e. The second-order valence-electron chi connectivity index (χ2n) is 9.48. The van der Waals surface area contributed by atoms with E-state index in [1.165, 1.54) is 12.1 Å². The molecule has 5 nitrogen and oxygen atoms in total. The number of rotatable bonds is 6. The summed E-state index contributed by atoms with van der Waals surface area (Å²) in [6, 6.07) is 11.8. The molecule has 0 aromatic heterocycles. The van der Waals surface area contributed by atoms with Gasteiger partial charge in [-0.15, -0.1) is 0 Å². The fraction of sp³-hybridized carbons (Fsp3) is 0.440. The number of nitrogens with one attached hydrogen (secondary N) is 1. The molecule has 2 aromatic rings. The summed E-state index contributed by atoms with van der Waals surface area (Å²) in [7, 11) is 0. The van der Waals surface area contributed by atoms with Gasteiger partial charge in [0.05, 0.1) is 22.7 Å². The number of fused-ring (bicyclic) bond motifs is 1. The molecule has 0 bridgehead atoms. The molecule has 1 saturated heterocycles. The van der Waals surface area contributed by atoms with E-state index >= 15 is 0 Å². The van der Waals surface area contributed by atoms with Crippen LogP contribution in [0.15, 0.2) is 48.5 Å². The predicted octanol–water partition coefficient (Wildman–Crippen LogP) is 4.56. The Balaban J connectivity index is 1.33. The topological polar surface area (TPSA) is 69.6 Å². The van der Waals surface area contributed by atoms with Crippen molar-refractivity contribution < 1.29 is 27.9 Å². The number of halogens is 3. The van der Waals surface area contributed by atoms with Crippen LogP contribution in [0.25, 0.3) is 0 Å². The minimum absolute atomic E-state index is 0.101. The molecule has 3 fully saturated rings. The highest BCUT2D eigenvalue weighted by Gasteiger charge is 2.52. The van der Waals surface area contributed by atoms with E-state index in [2.05, 4.69) is 10.2 Å². The number of amides is 1. The number of alkyl halides is 3. The Hall–Kier alpha value is -2.87. The van der Waals surface area contributed by atoms with Gasteiger partial charge in [-0.2, -0.15) is 13.2 Å². The van der Waals surface area contributed by atoms with Crippen LogP contribution in [0, 0.1) is 5.92 Å². The number of aromatic carboxylic acids is 1. The van der Waals surface area contributed by atoms with E-state index in [1.54, 1.807) is 30.3 Å². The number of hydrogen-bond donors (Lipinski definition) is 2. The molecule has 174 valence electrons. The van der Waals surface area contributed by atoms with Gasteiger partial charge in [0.1, 0.15) is 0 Å². The predicted molar refractivity (Wildman–Crippen MR) is 114 cm³/mol. The van der Waals surface area contributed by atoms with Crippen molar-refractivity contribution in [3.05, 3.63) is 70.8 Å². The molecule has 2 N–H and O–H groups in total. The zero-order chi connectivity index (χ0) is 23.4. The third-order valence-electron chi connectivity index (χ3n) is 7.45. The third-order valence-corrected chi connectivity index (χ3v) is 7.45. The molecular weight excluding hydrogens is 433 g/mol. The van der Waals surface area contributed by atoms with Gasteiger partial charge in [-0.3, -0.25) is 9.69 Å². The number of carboxylic acids is 1. The first kappa shape index (κ1) is 21.9. The molecule has 1 amide bonds. The Morgan fingerprint density at radius 3 is 2.39 bits per heavy atom. The maximum Gasteiger partial charge on any atom is 0.416 e. The average Bonchev–Trinajstić information content (AvgIpc) is 3.48. The average molecular weight is 458 g/mol. The van der Waals surface area contributed by atoms with Crippen molar-refractivity contribution in [2.75, 3.05) is 0 Å². The fourth-order valence-electron chi connectivity index (χ4n) is 5.32. The zero-order valence-electron chi connectivity index (χ0n) is 17.9. The van der Waals surface area contributed by atoms with E-state index in [0.717, 1.165) is 37.3 Å². The molecule has 1 aliphatic heterocycles. The normalized spacial score (nSPS) is 25.7. The molecule has 2 aliphatic carbocycles. The van der Waals surface area contributed by atoms with Crippen molar-refractivity contribution in [2.24, 2.45) is 5.92 Å². The van der Waals surface area contributed by atoms with E-state index in [4.69, 9.17) is 5.11 Å². The highest BCUT2D eigenvalue weighted by atomic mass is 19.4. The Morgan fingerprint density at radius 2 is 1.82 bits per heavy atom. The number of carbonyl (C=O) groups excluding carboxylic acids is 1. The van der Waals surface area contributed by atoms with Crippen LogP contribution in [0.3, 0.4) is 0 Å². The van der Waals surface area contributed by atoms with Gasteiger partial charge in [0, 0.05) is 12.6 Å². The number of carboxylic acid groups (broad SMARTS) is 1. The Morgan fingerprint density at radius 1 is 1.09 bits per heavy atom. The molecule has 3 aliphatic rings. The van der Waals surface area contributed by atoms with Crippen molar-refractivity contribution in [2.45, 2.75) is 62.4 Å². The molecule has 33 heavy (non-hydrogen) atoms. The van der Waals surface area contributed by atoms with Crippen LogP contribution >= 0.6 is 0 Å². The van der Waals surface area contributed by atoms with Crippen LogP contribution in [-0.4, -0.2) is 34.0 Å². The summed E-state index contributed by atoms with van der Waals surface area (Å²) in [5, 5.41) is 12.3. The number of carbonyl (C=O) groups is 2. The molecular formula is C25H25F3N2O3. The number of likely N-dealkylation sites (tertiary alicyclic amines) is 1. The van der Waals surface area contributed by atoms with Crippen LogP contribution < -0.4 is 5.32 Å². The van der Waals surface area contributed by atoms with Crippen LogP contribution in [0.2, 0.25) is 0 Å². The first-order valence-corrected chi connectivity index (χ1v) is 11.2. The molecule has 2 saturated carbocycles. The van der Waals surface area contributed by atoms with Crippen LogP contribution in [0.1, 0.15) is 59.2 Å². The monoisotopic (exact) mass is 458 g/mol. The van der Waals surface area contributed by atoms with Crippen molar-refractivity contribution in [1.82, 2.24) is 10.2 Å². The summed E-state index contributed by atoms with van der Waals surface area (Å²) >= 11 is 0. The van der Waals surface area contributed by atoms with Gasteiger partial charge in [-0.1, -0.05) is 30.3 Å². The number of hydrogen-bond acceptors (Lipinski definition) is 3. The number of nitrogens with zero attached hydrogens (tertiary/aromatic N) is 1. The minimum Gasteiger partial charge on any atom is -0.478 e. The highest BCUT2D eigenvalue weighted by molar-refractivity contribution is 5.87. The summed E-state index contributed by atoms with van der Waals surface area (Å²) in [6.07, 6.45) is -0.143. The standard InChI is InChI=1S/C25H25F3N2O3/c26-25(27,28)19-3-1-2-15(12-19)14-30-20-9-6-17(20)13-21(30)22(31)29-24(10-11-24)18-7-4-16(5-8-18)23(32)33/h1-5,7-8,12,17,20-21H,6,9-11,13-14H2,(H,29,31)(H,32,33). The molecule has 5 rings (SSSR count).